The van der Waals surface area contributed by atoms with Gasteiger partial charge in [-0.05, 0) is 88.0 Å². The van der Waals surface area contributed by atoms with E-state index in [-0.39, 0.29) is 17.5 Å². The van der Waals surface area contributed by atoms with Gasteiger partial charge in [0.25, 0.3) is 5.91 Å². The van der Waals surface area contributed by atoms with Crippen LogP contribution in [0.25, 0.3) is 0 Å². The molecular formula is C22H31FN2O2. The molecule has 1 saturated heterocycles. The molecule has 2 aliphatic carbocycles. The highest BCUT2D eigenvalue weighted by Gasteiger charge is 2.42. The predicted octanol–water partition coefficient (Wildman–Crippen LogP) is 3.85. The third-order valence-corrected chi connectivity index (χ3v) is 6.52. The lowest BCUT2D eigenvalue weighted by Gasteiger charge is -2.31. The molecule has 0 unspecified atom stereocenters. The molecule has 3 fully saturated rings. The van der Waals surface area contributed by atoms with Crippen molar-refractivity contribution in [3.05, 3.63) is 29.6 Å². The summed E-state index contributed by atoms with van der Waals surface area (Å²) in [5.74, 6) is 2.23. The van der Waals surface area contributed by atoms with Gasteiger partial charge >= 0.3 is 0 Å². The van der Waals surface area contributed by atoms with Crippen LogP contribution in [0.4, 0.5) is 4.39 Å². The summed E-state index contributed by atoms with van der Waals surface area (Å²) in [6.07, 6.45) is 7.04. The van der Waals surface area contributed by atoms with E-state index < -0.39 is 5.82 Å². The number of carbonyl (C=O) groups excluding carboxylic acids is 1. The van der Waals surface area contributed by atoms with Crippen molar-refractivity contribution in [1.82, 2.24) is 10.2 Å². The number of halogens is 1. The molecule has 1 aromatic carbocycles. The Morgan fingerprint density at radius 1 is 1.26 bits per heavy atom. The lowest BCUT2D eigenvalue weighted by molar-refractivity contribution is 0.0947. The molecular weight excluding hydrogens is 343 g/mol. The molecule has 5 heteroatoms. The molecule has 4 rings (SSSR count). The van der Waals surface area contributed by atoms with Gasteiger partial charge in [-0.1, -0.05) is 6.92 Å². The maximum Gasteiger partial charge on any atom is 0.254 e. The van der Waals surface area contributed by atoms with Crippen molar-refractivity contribution in [2.45, 2.75) is 51.5 Å². The number of hydrogen-bond donors (Lipinski definition) is 1. The molecule has 1 aliphatic heterocycles. The summed E-state index contributed by atoms with van der Waals surface area (Å²) >= 11 is 0. The van der Waals surface area contributed by atoms with Gasteiger partial charge in [-0.2, -0.15) is 0 Å². The zero-order chi connectivity index (χ0) is 18.8. The Morgan fingerprint density at radius 3 is 2.70 bits per heavy atom. The van der Waals surface area contributed by atoms with E-state index in [0.29, 0.717) is 12.4 Å². The third kappa shape index (κ3) is 4.81. The summed E-state index contributed by atoms with van der Waals surface area (Å²) < 4.78 is 19.9. The molecule has 0 bridgehead atoms. The average Bonchev–Trinajstić information content (AvgIpc) is 3.59. The number of hydrogen-bond acceptors (Lipinski definition) is 3. The van der Waals surface area contributed by atoms with Crippen molar-refractivity contribution in [3.63, 3.8) is 0 Å². The third-order valence-electron chi connectivity index (χ3n) is 6.52. The van der Waals surface area contributed by atoms with E-state index in [1.54, 1.807) is 6.07 Å². The van der Waals surface area contributed by atoms with Crippen molar-refractivity contribution in [2.75, 3.05) is 26.2 Å². The Labute approximate surface area is 161 Å². The monoisotopic (exact) mass is 374 g/mol. The second kappa shape index (κ2) is 8.17. The van der Waals surface area contributed by atoms with Gasteiger partial charge in [-0.3, -0.25) is 4.79 Å². The number of nitrogens with one attached hydrogen (secondary N) is 1. The molecule has 1 aromatic rings. The lowest BCUT2D eigenvalue weighted by atomic mass is 9.90. The first-order valence-electron chi connectivity index (χ1n) is 10.6. The number of amides is 1. The van der Waals surface area contributed by atoms with Crippen molar-refractivity contribution in [3.8, 4) is 5.75 Å². The minimum Gasteiger partial charge on any atom is -0.493 e. The first kappa shape index (κ1) is 18.7. The lowest BCUT2D eigenvalue weighted by Crippen LogP contribution is -2.34. The molecule has 0 radical (unpaired) electrons. The van der Waals surface area contributed by atoms with Crippen LogP contribution in [0.15, 0.2) is 18.2 Å². The molecule has 4 nitrogen and oxygen atoms in total. The fourth-order valence-electron chi connectivity index (χ4n) is 4.47. The van der Waals surface area contributed by atoms with E-state index in [2.05, 4.69) is 17.1 Å². The second-order valence-corrected chi connectivity index (χ2v) is 8.46. The minimum absolute atomic E-state index is 0.106. The fourth-order valence-corrected chi connectivity index (χ4v) is 4.47. The average molecular weight is 375 g/mol. The number of ether oxygens (including phenoxy) is 1. The van der Waals surface area contributed by atoms with E-state index in [9.17, 15) is 9.18 Å². The van der Waals surface area contributed by atoms with Crippen LogP contribution in [-0.4, -0.2) is 43.1 Å². The van der Waals surface area contributed by atoms with Crippen molar-refractivity contribution in [2.24, 2.45) is 17.8 Å². The highest BCUT2D eigenvalue weighted by Crippen LogP contribution is 2.49. The standard InChI is InChI=1S/C22H31FN2O2/c1-2-25-10-7-15(8-11-25)20-13-16(20)9-12-27-18-5-6-19(21(23)14-18)22(26)24-17-3-4-17/h5-6,14-17,20H,2-4,7-13H2,1H3,(H,24,26)/t16-,20-/m1/s1. The fraction of sp³-hybridized carbons (Fsp3) is 0.682. The first-order valence-corrected chi connectivity index (χ1v) is 10.6. The Bertz CT molecular complexity index is 668. The molecule has 3 aliphatic rings. The summed E-state index contributed by atoms with van der Waals surface area (Å²) in [5.41, 5.74) is 0.106. The van der Waals surface area contributed by atoms with Crippen molar-refractivity contribution >= 4 is 5.91 Å². The maximum absolute atomic E-state index is 14.2. The Hall–Kier alpha value is -1.62. The van der Waals surface area contributed by atoms with Crippen LogP contribution in [0.5, 0.6) is 5.75 Å². The van der Waals surface area contributed by atoms with Crippen LogP contribution in [-0.2, 0) is 0 Å². The van der Waals surface area contributed by atoms with Crippen LogP contribution in [0, 0.1) is 23.6 Å². The highest BCUT2D eigenvalue weighted by atomic mass is 19.1. The SMILES string of the molecule is CCN1CCC([C@H]2C[C@H]2CCOc2ccc(C(=O)NC3CC3)c(F)c2)CC1. The molecule has 0 spiro atoms. The van der Waals surface area contributed by atoms with Crippen molar-refractivity contribution in [1.29, 1.82) is 0 Å². The van der Waals surface area contributed by atoms with E-state index in [1.807, 2.05) is 0 Å². The molecule has 0 aromatic heterocycles. The number of piperidine rings is 1. The Kier molecular flexibility index (Phi) is 5.67. The highest BCUT2D eigenvalue weighted by molar-refractivity contribution is 5.95. The van der Waals surface area contributed by atoms with Gasteiger partial charge in [0, 0.05) is 12.1 Å². The first-order chi connectivity index (χ1) is 13.1. The zero-order valence-electron chi connectivity index (χ0n) is 16.3. The number of rotatable bonds is 8. The van der Waals surface area contributed by atoms with Crippen LogP contribution in [0.2, 0.25) is 0 Å². The summed E-state index contributed by atoms with van der Waals surface area (Å²) in [6.45, 7) is 6.54. The molecule has 1 N–H and O–H groups in total. The minimum atomic E-state index is -0.502. The quantitative estimate of drug-likeness (QED) is 0.751. The van der Waals surface area contributed by atoms with Gasteiger partial charge < -0.3 is 15.0 Å². The molecule has 1 amide bonds. The van der Waals surface area contributed by atoms with Gasteiger partial charge in [0.1, 0.15) is 11.6 Å². The van der Waals surface area contributed by atoms with Crippen LogP contribution in [0.3, 0.4) is 0 Å². The summed E-state index contributed by atoms with van der Waals surface area (Å²) in [5, 5.41) is 2.82. The van der Waals surface area contributed by atoms with Gasteiger partial charge in [0.15, 0.2) is 0 Å². The summed E-state index contributed by atoms with van der Waals surface area (Å²) in [4.78, 5) is 14.5. The van der Waals surface area contributed by atoms with E-state index in [1.165, 1.54) is 51.0 Å². The number of benzene rings is 1. The number of carbonyl (C=O) groups is 1. The van der Waals surface area contributed by atoms with Gasteiger partial charge in [0.2, 0.25) is 0 Å². The van der Waals surface area contributed by atoms with Crippen molar-refractivity contribution < 1.29 is 13.9 Å². The van der Waals surface area contributed by atoms with Crippen LogP contribution >= 0.6 is 0 Å². The van der Waals surface area contributed by atoms with Crippen LogP contribution < -0.4 is 10.1 Å². The Balaban J connectivity index is 1.19. The smallest absolute Gasteiger partial charge is 0.254 e. The largest absolute Gasteiger partial charge is 0.493 e. The maximum atomic E-state index is 14.2. The summed E-state index contributed by atoms with van der Waals surface area (Å²) in [6, 6.07) is 4.81. The van der Waals surface area contributed by atoms with Gasteiger partial charge in [-0.25, -0.2) is 4.39 Å². The molecule has 2 saturated carbocycles. The second-order valence-electron chi connectivity index (χ2n) is 8.46. The predicted molar refractivity (Wildman–Crippen MR) is 103 cm³/mol. The van der Waals surface area contributed by atoms with E-state index >= 15 is 0 Å². The normalized spacial score (nSPS) is 26.0. The molecule has 27 heavy (non-hydrogen) atoms. The summed E-state index contributed by atoms with van der Waals surface area (Å²) in [7, 11) is 0. The number of likely N-dealkylation sites (tertiary alicyclic amines) is 1. The zero-order valence-corrected chi connectivity index (χ0v) is 16.3. The van der Waals surface area contributed by atoms with E-state index in [4.69, 9.17) is 4.74 Å². The Morgan fingerprint density at radius 2 is 2.04 bits per heavy atom. The van der Waals surface area contributed by atoms with Crippen LogP contribution in [0.1, 0.15) is 55.8 Å². The van der Waals surface area contributed by atoms with Gasteiger partial charge in [0.05, 0.1) is 12.2 Å². The van der Waals surface area contributed by atoms with E-state index in [0.717, 1.165) is 37.0 Å². The molecule has 1 heterocycles. The topological polar surface area (TPSA) is 41.6 Å². The molecule has 148 valence electrons. The number of nitrogens with zero attached hydrogens (tertiary/aromatic N) is 1. The molecule has 2 atom stereocenters. The van der Waals surface area contributed by atoms with Gasteiger partial charge in [-0.15, -0.1) is 0 Å².